The predicted octanol–water partition coefficient (Wildman–Crippen LogP) is 3.42. The number of amides is 1. The average molecular weight is 355 g/mol. The Hall–Kier alpha value is -1.56. The number of benzene rings is 1. The lowest BCUT2D eigenvalue weighted by molar-refractivity contribution is 0.0946. The lowest BCUT2D eigenvalue weighted by Crippen LogP contribution is -2.30. The number of sulfonamides is 1. The van der Waals surface area contributed by atoms with Crippen molar-refractivity contribution in [2.45, 2.75) is 46.5 Å². The van der Waals surface area contributed by atoms with Gasteiger partial charge in [0.25, 0.3) is 5.91 Å². The maximum absolute atomic E-state index is 12.2. The minimum Gasteiger partial charge on any atom is -0.352 e. The van der Waals surface area contributed by atoms with Gasteiger partial charge in [-0.15, -0.1) is 0 Å². The molecule has 1 amide bonds. The van der Waals surface area contributed by atoms with Crippen molar-refractivity contribution in [2.75, 3.05) is 23.7 Å². The van der Waals surface area contributed by atoms with Gasteiger partial charge in [-0.25, -0.2) is 8.42 Å². The normalized spacial score (nSPS) is 12.7. The maximum Gasteiger partial charge on any atom is 0.251 e. The van der Waals surface area contributed by atoms with Crippen molar-refractivity contribution < 1.29 is 13.2 Å². The third kappa shape index (κ3) is 6.15. The molecule has 1 N–H and O–H groups in total. The molecule has 0 fully saturated rings. The first-order valence-electron chi connectivity index (χ1n) is 8.69. The van der Waals surface area contributed by atoms with E-state index in [-0.39, 0.29) is 5.91 Å². The van der Waals surface area contributed by atoms with Crippen LogP contribution in [-0.2, 0) is 10.0 Å². The molecule has 0 radical (unpaired) electrons. The van der Waals surface area contributed by atoms with Crippen molar-refractivity contribution in [1.29, 1.82) is 0 Å². The topological polar surface area (TPSA) is 66.5 Å². The summed E-state index contributed by atoms with van der Waals surface area (Å²) in [4.78, 5) is 12.2. The number of carbonyl (C=O) groups is 1. The van der Waals surface area contributed by atoms with Crippen LogP contribution < -0.4 is 9.62 Å². The Labute approximate surface area is 146 Å². The molecule has 24 heavy (non-hydrogen) atoms. The van der Waals surface area contributed by atoms with Crippen LogP contribution in [0.3, 0.4) is 0 Å². The van der Waals surface area contributed by atoms with Crippen LogP contribution in [0.1, 0.15) is 56.8 Å². The van der Waals surface area contributed by atoms with Gasteiger partial charge in [-0.2, -0.15) is 0 Å². The molecule has 1 aromatic carbocycles. The summed E-state index contributed by atoms with van der Waals surface area (Å²) >= 11 is 0. The molecule has 1 rings (SSSR count). The molecule has 0 saturated heterocycles. The number of carbonyl (C=O) groups excluding carboxylic acids is 1. The van der Waals surface area contributed by atoms with E-state index in [1.807, 2.05) is 0 Å². The molecule has 0 unspecified atom stereocenters. The molecule has 0 saturated carbocycles. The summed E-state index contributed by atoms with van der Waals surface area (Å²) in [5.41, 5.74) is 1.12. The van der Waals surface area contributed by atoms with E-state index in [9.17, 15) is 13.2 Å². The van der Waals surface area contributed by atoms with Gasteiger partial charge in [0.1, 0.15) is 0 Å². The highest BCUT2D eigenvalue weighted by atomic mass is 32.2. The SMILES string of the molecule is CCCC[C@@H](CC)CNC(=O)c1ccc(N(CC)S(C)(=O)=O)cc1. The second kappa shape index (κ2) is 9.67. The van der Waals surface area contributed by atoms with Crippen LogP contribution >= 0.6 is 0 Å². The van der Waals surface area contributed by atoms with Gasteiger partial charge in [0, 0.05) is 18.7 Å². The van der Waals surface area contributed by atoms with E-state index in [2.05, 4.69) is 19.2 Å². The molecule has 5 nitrogen and oxygen atoms in total. The average Bonchev–Trinajstić information content (AvgIpc) is 2.54. The maximum atomic E-state index is 12.2. The van der Waals surface area contributed by atoms with Crippen molar-refractivity contribution in [2.24, 2.45) is 5.92 Å². The molecule has 1 aromatic rings. The first kappa shape index (κ1) is 20.5. The van der Waals surface area contributed by atoms with Crippen LogP contribution in [0.2, 0.25) is 0 Å². The first-order valence-corrected chi connectivity index (χ1v) is 10.5. The zero-order valence-corrected chi connectivity index (χ0v) is 16.0. The van der Waals surface area contributed by atoms with Crippen molar-refractivity contribution >= 4 is 21.6 Å². The van der Waals surface area contributed by atoms with Crippen LogP contribution in [0.4, 0.5) is 5.69 Å². The highest BCUT2D eigenvalue weighted by Gasteiger charge is 2.16. The quantitative estimate of drug-likeness (QED) is 0.700. The van der Waals surface area contributed by atoms with Crippen molar-refractivity contribution in [3.63, 3.8) is 0 Å². The number of nitrogens with one attached hydrogen (secondary N) is 1. The Kier molecular flexibility index (Phi) is 8.25. The number of hydrogen-bond donors (Lipinski definition) is 1. The molecular formula is C18H30N2O3S. The third-order valence-corrected chi connectivity index (χ3v) is 5.47. The first-order chi connectivity index (χ1) is 11.3. The molecule has 0 aromatic heterocycles. The van der Waals surface area contributed by atoms with Crippen molar-refractivity contribution in [1.82, 2.24) is 5.32 Å². The molecule has 136 valence electrons. The molecule has 1 atom stereocenters. The van der Waals surface area contributed by atoms with Gasteiger partial charge in [-0.1, -0.05) is 33.1 Å². The van der Waals surface area contributed by atoms with Crippen LogP contribution in [0.5, 0.6) is 0 Å². The summed E-state index contributed by atoms with van der Waals surface area (Å²) in [5, 5.41) is 2.98. The summed E-state index contributed by atoms with van der Waals surface area (Å²) in [6, 6.07) is 6.69. The van der Waals surface area contributed by atoms with Crippen molar-refractivity contribution in [3.8, 4) is 0 Å². The molecule has 0 spiro atoms. The fraction of sp³-hybridized carbons (Fsp3) is 0.611. The number of anilines is 1. The Morgan fingerprint density at radius 3 is 2.25 bits per heavy atom. The summed E-state index contributed by atoms with van der Waals surface area (Å²) in [6.45, 7) is 7.14. The molecule has 0 heterocycles. The van der Waals surface area contributed by atoms with Crippen LogP contribution in [0.15, 0.2) is 24.3 Å². The Morgan fingerprint density at radius 2 is 1.79 bits per heavy atom. The molecule has 0 aliphatic carbocycles. The number of hydrogen-bond acceptors (Lipinski definition) is 3. The van der Waals surface area contributed by atoms with Gasteiger partial charge < -0.3 is 5.32 Å². The van der Waals surface area contributed by atoms with E-state index in [1.165, 1.54) is 23.4 Å². The van der Waals surface area contributed by atoms with E-state index in [1.54, 1.807) is 31.2 Å². The van der Waals surface area contributed by atoms with Gasteiger partial charge in [-0.05, 0) is 43.5 Å². The highest BCUT2D eigenvalue weighted by molar-refractivity contribution is 7.92. The van der Waals surface area contributed by atoms with Gasteiger partial charge >= 0.3 is 0 Å². The van der Waals surface area contributed by atoms with E-state index >= 15 is 0 Å². The van der Waals surface area contributed by atoms with Gasteiger partial charge in [0.15, 0.2) is 0 Å². The fourth-order valence-electron chi connectivity index (χ4n) is 2.67. The number of unbranched alkanes of at least 4 members (excludes halogenated alkanes) is 1. The van der Waals surface area contributed by atoms with E-state index in [4.69, 9.17) is 0 Å². The highest BCUT2D eigenvalue weighted by Crippen LogP contribution is 2.18. The molecule has 0 aliphatic heterocycles. The van der Waals surface area contributed by atoms with Gasteiger partial charge in [0.05, 0.1) is 11.9 Å². The minimum absolute atomic E-state index is 0.112. The second-order valence-corrected chi connectivity index (χ2v) is 8.01. The third-order valence-electron chi connectivity index (χ3n) is 4.20. The number of rotatable bonds is 10. The van der Waals surface area contributed by atoms with E-state index in [0.717, 1.165) is 12.8 Å². The van der Waals surface area contributed by atoms with Crippen LogP contribution in [0.25, 0.3) is 0 Å². The fourth-order valence-corrected chi connectivity index (χ4v) is 3.64. The minimum atomic E-state index is -3.30. The lowest BCUT2D eigenvalue weighted by atomic mass is 9.99. The zero-order chi connectivity index (χ0) is 18.2. The van der Waals surface area contributed by atoms with Gasteiger partial charge in [0.2, 0.25) is 10.0 Å². The predicted molar refractivity (Wildman–Crippen MR) is 99.9 cm³/mol. The summed E-state index contributed by atoms with van der Waals surface area (Å²) in [6.07, 6.45) is 5.71. The molecule has 0 bridgehead atoms. The summed E-state index contributed by atoms with van der Waals surface area (Å²) in [7, 11) is -3.30. The Morgan fingerprint density at radius 1 is 1.17 bits per heavy atom. The van der Waals surface area contributed by atoms with Crippen molar-refractivity contribution in [3.05, 3.63) is 29.8 Å². The monoisotopic (exact) mass is 354 g/mol. The number of nitrogens with zero attached hydrogens (tertiary/aromatic N) is 1. The van der Waals surface area contributed by atoms with Gasteiger partial charge in [-0.3, -0.25) is 9.10 Å². The molecule has 6 heteroatoms. The molecular weight excluding hydrogens is 324 g/mol. The molecule has 0 aliphatic rings. The standard InChI is InChI=1S/C18H30N2O3S/c1-5-8-9-15(6-2)14-19-18(21)16-10-12-17(13-11-16)20(7-3)24(4,22)23/h10-13,15H,5-9,14H2,1-4H3,(H,19,21)/t15-/m1/s1. The zero-order valence-electron chi connectivity index (χ0n) is 15.2. The lowest BCUT2D eigenvalue weighted by Gasteiger charge is -2.20. The van der Waals surface area contributed by atoms with E-state index in [0.29, 0.717) is 30.3 Å². The largest absolute Gasteiger partial charge is 0.352 e. The summed E-state index contributed by atoms with van der Waals surface area (Å²) < 4.78 is 24.8. The second-order valence-electron chi connectivity index (χ2n) is 6.10. The Bertz CT molecular complexity index is 612. The van der Waals surface area contributed by atoms with Crippen LogP contribution in [0, 0.1) is 5.92 Å². The van der Waals surface area contributed by atoms with E-state index < -0.39 is 10.0 Å². The Balaban J connectivity index is 2.70. The smallest absolute Gasteiger partial charge is 0.251 e. The summed E-state index contributed by atoms with van der Waals surface area (Å²) in [5.74, 6) is 0.396. The van der Waals surface area contributed by atoms with Crippen LogP contribution in [-0.4, -0.2) is 33.7 Å².